The number of hydrogen-bond donors (Lipinski definition) is 1. The van der Waals surface area contributed by atoms with Crippen molar-refractivity contribution in [2.75, 3.05) is 16.8 Å². The first-order valence-corrected chi connectivity index (χ1v) is 7.43. The summed E-state index contributed by atoms with van der Waals surface area (Å²) < 4.78 is 1.98. The van der Waals surface area contributed by atoms with Crippen molar-refractivity contribution < 1.29 is 4.79 Å². The molecule has 0 spiro atoms. The van der Waals surface area contributed by atoms with Crippen molar-refractivity contribution in [1.82, 2.24) is 9.78 Å². The van der Waals surface area contributed by atoms with Crippen LogP contribution in [0.2, 0.25) is 0 Å². The van der Waals surface area contributed by atoms with Crippen LogP contribution in [0.4, 0.5) is 11.4 Å². The molecule has 110 valence electrons. The molecule has 1 aliphatic rings. The van der Waals surface area contributed by atoms with E-state index in [9.17, 15) is 4.79 Å². The van der Waals surface area contributed by atoms with E-state index in [4.69, 9.17) is 0 Å². The Hall–Kier alpha value is -2.30. The summed E-state index contributed by atoms with van der Waals surface area (Å²) >= 11 is 0. The number of carbonyl (C=O) groups is 1. The maximum Gasteiger partial charge on any atom is 0.227 e. The topological polar surface area (TPSA) is 50.2 Å². The van der Waals surface area contributed by atoms with Gasteiger partial charge in [-0.25, -0.2) is 0 Å². The SMILES string of the molecule is CCn1nccc1CNc1ccc(N2CCCC2=O)cc1. The monoisotopic (exact) mass is 284 g/mol. The Labute approximate surface area is 124 Å². The van der Waals surface area contributed by atoms with Crippen LogP contribution in [0.25, 0.3) is 0 Å². The summed E-state index contributed by atoms with van der Waals surface area (Å²) in [5.74, 6) is 0.225. The van der Waals surface area contributed by atoms with Crippen LogP contribution in [0.1, 0.15) is 25.5 Å². The van der Waals surface area contributed by atoms with Crippen molar-refractivity contribution in [2.45, 2.75) is 32.9 Å². The van der Waals surface area contributed by atoms with Gasteiger partial charge in [-0.15, -0.1) is 0 Å². The third-order valence-electron chi connectivity index (χ3n) is 3.83. The van der Waals surface area contributed by atoms with E-state index in [1.807, 2.05) is 46.1 Å². The molecule has 1 N–H and O–H groups in total. The number of carbonyl (C=O) groups excluding carboxylic acids is 1. The third-order valence-corrected chi connectivity index (χ3v) is 3.83. The van der Waals surface area contributed by atoms with Gasteiger partial charge in [0.15, 0.2) is 0 Å². The maximum absolute atomic E-state index is 11.7. The number of aryl methyl sites for hydroxylation is 1. The van der Waals surface area contributed by atoms with Gasteiger partial charge in [-0.3, -0.25) is 9.48 Å². The van der Waals surface area contributed by atoms with Crippen molar-refractivity contribution >= 4 is 17.3 Å². The van der Waals surface area contributed by atoms with E-state index in [-0.39, 0.29) is 5.91 Å². The van der Waals surface area contributed by atoms with Crippen molar-refractivity contribution in [1.29, 1.82) is 0 Å². The lowest BCUT2D eigenvalue weighted by Gasteiger charge is -2.16. The molecule has 5 heteroatoms. The molecule has 0 aliphatic carbocycles. The van der Waals surface area contributed by atoms with Gasteiger partial charge in [0, 0.05) is 37.1 Å². The largest absolute Gasteiger partial charge is 0.379 e. The zero-order chi connectivity index (χ0) is 14.7. The van der Waals surface area contributed by atoms with Gasteiger partial charge in [0.25, 0.3) is 0 Å². The predicted molar refractivity (Wildman–Crippen MR) is 83.3 cm³/mol. The van der Waals surface area contributed by atoms with E-state index in [0.29, 0.717) is 6.42 Å². The molecule has 1 saturated heterocycles. The first-order valence-electron chi connectivity index (χ1n) is 7.43. The molecule has 0 unspecified atom stereocenters. The number of benzene rings is 1. The second kappa shape index (κ2) is 5.99. The highest BCUT2D eigenvalue weighted by molar-refractivity contribution is 5.95. The van der Waals surface area contributed by atoms with Gasteiger partial charge >= 0.3 is 0 Å². The highest BCUT2D eigenvalue weighted by Gasteiger charge is 2.21. The van der Waals surface area contributed by atoms with Gasteiger partial charge < -0.3 is 10.2 Å². The summed E-state index contributed by atoms with van der Waals surface area (Å²) in [5, 5.41) is 7.64. The van der Waals surface area contributed by atoms with E-state index in [2.05, 4.69) is 17.3 Å². The lowest BCUT2D eigenvalue weighted by atomic mass is 10.2. The standard InChI is InChI=1S/C16H20N4O/c1-2-20-15(9-10-18-20)12-17-13-5-7-14(8-6-13)19-11-3-4-16(19)21/h5-10,17H,2-4,11-12H2,1H3. The number of aromatic nitrogens is 2. The second-order valence-corrected chi connectivity index (χ2v) is 5.19. The minimum atomic E-state index is 0.225. The zero-order valence-corrected chi connectivity index (χ0v) is 12.2. The Kier molecular flexibility index (Phi) is 3.90. The lowest BCUT2D eigenvalue weighted by molar-refractivity contribution is -0.117. The highest BCUT2D eigenvalue weighted by Crippen LogP contribution is 2.23. The smallest absolute Gasteiger partial charge is 0.227 e. The van der Waals surface area contributed by atoms with Crippen molar-refractivity contribution in [3.63, 3.8) is 0 Å². The van der Waals surface area contributed by atoms with E-state index in [0.717, 1.165) is 43.1 Å². The fraction of sp³-hybridized carbons (Fsp3) is 0.375. The summed E-state index contributed by atoms with van der Waals surface area (Å²) in [4.78, 5) is 13.6. The minimum Gasteiger partial charge on any atom is -0.379 e. The van der Waals surface area contributed by atoms with Crippen LogP contribution < -0.4 is 10.2 Å². The molecule has 1 amide bonds. The normalized spacial score (nSPS) is 14.7. The van der Waals surface area contributed by atoms with E-state index >= 15 is 0 Å². The van der Waals surface area contributed by atoms with Crippen LogP contribution in [-0.4, -0.2) is 22.2 Å². The molecular formula is C16H20N4O. The van der Waals surface area contributed by atoms with Crippen LogP contribution in [0.3, 0.4) is 0 Å². The van der Waals surface area contributed by atoms with Crippen LogP contribution >= 0.6 is 0 Å². The highest BCUT2D eigenvalue weighted by atomic mass is 16.2. The van der Waals surface area contributed by atoms with Gasteiger partial charge in [-0.2, -0.15) is 5.10 Å². The van der Waals surface area contributed by atoms with Crippen molar-refractivity contribution in [3.8, 4) is 0 Å². The molecule has 2 aromatic rings. The number of rotatable bonds is 5. The summed E-state index contributed by atoms with van der Waals surface area (Å²) in [7, 11) is 0. The third kappa shape index (κ3) is 2.91. The number of nitrogens with zero attached hydrogens (tertiary/aromatic N) is 3. The van der Waals surface area contributed by atoms with Crippen molar-refractivity contribution in [3.05, 3.63) is 42.2 Å². The Balaban J connectivity index is 1.63. The molecule has 1 fully saturated rings. The summed E-state index contributed by atoms with van der Waals surface area (Å²) in [6.07, 6.45) is 3.45. The second-order valence-electron chi connectivity index (χ2n) is 5.19. The molecule has 0 saturated carbocycles. The zero-order valence-electron chi connectivity index (χ0n) is 12.2. The van der Waals surface area contributed by atoms with Gasteiger partial charge in [0.2, 0.25) is 5.91 Å². The number of hydrogen-bond acceptors (Lipinski definition) is 3. The van der Waals surface area contributed by atoms with Crippen LogP contribution in [0, 0.1) is 0 Å². The van der Waals surface area contributed by atoms with E-state index in [1.165, 1.54) is 0 Å². The van der Waals surface area contributed by atoms with Gasteiger partial charge in [0.05, 0.1) is 12.2 Å². The molecule has 1 aromatic heterocycles. The molecule has 1 aliphatic heterocycles. The first-order chi connectivity index (χ1) is 10.3. The van der Waals surface area contributed by atoms with Gasteiger partial charge in [-0.1, -0.05) is 0 Å². The number of amides is 1. The predicted octanol–water partition coefficient (Wildman–Crippen LogP) is 2.64. The first kappa shape index (κ1) is 13.7. The summed E-state index contributed by atoms with van der Waals surface area (Å²) in [6.45, 7) is 4.54. The van der Waals surface area contributed by atoms with Gasteiger partial charge in [-0.05, 0) is 43.7 Å². The average Bonchev–Trinajstić information content (AvgIpc) is 3.14. The molecular weight excluding hydrogens is 264 g/mol. The quantitative estimate of drug-likeness (QED) is 0.918. The summed E-state index contributed by atoms with van der Waals surface area (Å²) in [5.41, 5.74) is 3.20. The fourth-order valence-electron chi connectivity index (χ4n) is 2.67. The minimum absolute atomic E-state index is 0.225. The Morgan fingerprint density at radius 3 is 2.71 bits per heavy atom. The Bertz CT molecular complexity index is 617. The molecule has 2 heterocycles. The average molecular weight is 284 g/mol. The number of nitrogens with one attached hydrogen (secondary N) is 1. The lowest BCUT2D eigenvalue weighted by Crippen LogP contribution is -2.23. The Morgan fingerprint density at radius 2 is 2.05 bits per heavy atom. The van der Waals surface area contributed by atoms with E-state index < -0.39 is 0 Å². The number of anilines is 2. The maximum atomic E-state index is 11.7. The Morgan fingerprint density at radius 1 is 1.24 bits per heavy atom. The molecule has 5 nitrogen and oxygen atoms in total. The van der Waals surface area contributed by atoms with Crippen LogP contribution in [0.15, 0.2) is 36.5 Å². The van der Waals surface area contributed by atoms with E-state index in [1.54, 1.807) is 0 Å². The molecule has 1 aromatic carbocycles. The fourth-order valence-corrected chi connectivity index (χ4v) is 2.67. The van der Waals surface area contributed by atoms with Crippen molar-refractivity contribution in [2.24, 2.45) is 0 Å². The molecule has 0 atom stereocenters. The van der Waals surface area contributed by atoms with Gasteiger partial charge in [0.1, 0.15) is 0 Å². The van der Waals surface area contributed by atoms with Crippen LogP contribution in [0.5, 0.6) is 0 Å². The molecule has 21 heavy (non-hydrogen) atoms. The van der Waals surface area contributed by atoms with Crippen LogP contribution in [-0.2, 0) is 17.9 Å². The molecule has 0 radical (unpaired) electrons. The molecule has 3 rings (SSSR count). The summed E-state index contributed by atoms with van der Waals surface area (Å²) in [6, 6.07) is 10.1. The molecule has 0 bridgehead atoms.